The molecule has 0 aliphatic carbocycles. The smallest absolute Gasteiger partial charge is 0.335 e. The summed E-state index contributed by atoms with van der Waals surface area (Å²) in [7, 11) is 0. The molecule has 1 aromatic rings. The fourth-order valence-corrected chi connectivity index (χ4v) is 0.658. The van der Waals surface area contributed by atoms with Crippen molar-refractivity contribution in [1.82, 2.24) is 0 Å². The molecule has 0 heterocycles. The Morgan fingerprint density at radius 2 is 1.82 bits per heavy atom. The first-order valence-corrected chi connectivity index (χ1v) is 2.89. The molecule has 0 spiro atoms. The van der Waals surface area contributed by atoms with Crippen LogP contribution in [-0.4, -0.2) is 16.3 Å². The standard InChI is InChI=1S/C7H6O4/c8-7(9)5-1-3-6(11-10)4-2-5/h1-4,10H,(H,8,9). The highest BCUT2D eigenvalue weighted by atomic mass is 17.1. The minimum absolute atomic E-state index is 0.158. The summed E-state index contributed by atoms with van der Waals surface area (Å²) in [4.78, 5) is 14.2. The van der Waals surface area contributed by atoms with Gasteiger partial charge in [0.05, 0.1) is 5.56 Å². The van der Waals surface area contributed by atoms with Crippen LogP contribution in [0.15, 0.2) is 24.3 Å². The Labute approximate surface area is 62.6 Å². The molecular weight excluding hydrogens is 148 g/mol. The van der Waals surface area contributed by atoms with Crippen LogP contribution in [0.1, 0.15) is 10.4 Å². The van der Waals surface area contributed by atoms with Gasteiger partial charge in [-0.3, -0.25) is 0 Å². The average Bonchev–Trinajstić information content (AvgIpc) is 2.05. The Morgan fingerprint density at radius 1 is 1.27 bits per heavy atom. The Bertz CT molecular complexity index is 252. The predicted octanol–water partition coefficient (Wildman–Crippen LogP) is 1.24. The van der Waals surface area contributed by atoms with Crippen LogP contribution in [0.4, 0.5) is 0 Å². The zero-order valence-electron chi connectivity index (χ0n) is 5.52. The van der Waals surface area contributed by atoms with E-state index in [1.165, 1.54) is 24.3 Å². The maximum atomic E-state index is 10.3. The van der Waals surface area contributed by atoms with Gasteiger partial charge in [-0.25, -0.2) is 10.1 Å². The third-order valence-electron chi connectivity index (χ3n) is 1.21. The SMILES string of the molecule is O=C(O)c1ccc(OO)cc1. The summed E-state index contributed by atoms with van der Waals surface area (Å²) in [5, 5.41) is 16.6. The Kier molecular flexibility index (Phi) is 2.08. The highest BCUT2D eigenvalue weighted by molar-refractivity contribution is 5.87. The summed E-state index contributed by atoms with van der Waals surface area (Å²) in [6.07, 6.45) is 0. The molecule has 0 unspecified atom stereocenters. The van der Waals surface area contributed by atoms with Crippen molar-refractivity contribution in [3.05, 3.63) is 29.8 Å². The van der Waals surface area contributed by atoms with Crippen LogP contribution in [-0.2, 0) is 0 Å². The molecule has 0 fully saturated rings. The summed E-state index contributed by atoms with van der Waals surface area (Å²) in [5.41, 5.74) is 0.158. The number of hydrogen-bond acceptors (Lipinski definition) is 3. The Hall–Kier alpha value is -1.55. The molecule has 0 radical (unpaired) electrons. The lowest BCUT2D eigenvalue weighted by Crippen LogP contribution is -1.95. The van der Waals surface area contributed by atoms with Crippen molar-refractivity contribution >= 4 is 5.97 Å². The third-order valence-corrected chi connectivity index (χ3v) is 1.21. The molecule has 4 nitrogen and oxygen atoms in total. The van der Waals surface area contributed by atoms with E-state index in [2.05, 4.69) is 4.89 Å². The summed E-state index contributed by atoms with van der Waals surface area (Å²) < 4.78 is 0. The van der Waals surface area contributed by atoms with Gasteiger partial charge in [0.2, 0.25) is 0 Å². The first kappa shape index (κ1) is 7.56. The Morgan fingerprint density at radius 3 is 2.18 bits per heavy atom. The largest absolute Gasteiger partial charge is 0.478 e. The molecule has 0 bridgehead atoms. The lowest BCUT2D eigenvalue weighted by atomic mass is 10.2. The van der Waals surface area contributed by atoms with Crippen LogP contribution >= 0.6 is 0 Å². The van der Waals surface area contributed by atoms with Crippen LogP contribution in [0.5, 0.6) is 5.75 Å². The van der Waals surface area contributed by atoms with Crippen molar-refractivity contribution in [2.45, 2.75) is 0 Å². The van der Waals surface area contributed by atoms with Gasteiger partial charge in [-0.1, -0.05) is 0 Å². The number of hydrogen-bond donors (Lipinski definition) is 2. The second-order valence-electron chi connectivity index (χ2n) is 1.92. The summed E-state index contributed by atoms with van der Waals surface area (Å²) in [5.74, 6) is -0.788. The fraction of sp³-hybridized carbons (Fsp3) is 0. The van der Waals surface area contributed by atoms with Crippen LogP contribution in [0.25, 0.3) is 0 Å². The minimum Gasteiger partial charge on any atom is -0.478 e. The van der Waals surface area contributed by atoms with E-state index in [-0.39, 0.29) is 11.3 Å². The van der Waals surface area contributed by atoms with Gasteiger partial charge in [0.25, 0.3) is 0 Å². The van der Waals surface area contributed by atoms with E-state index in [1.807, 2.05) is 0 Å². The normalized spacial score (nSPS) is 9.18. The number of aromatic carboxylic acids is 1. The van der Waals surface area contributed by atoms with Crippen molar-refractivity contribution < 1.29 is 20.0 Å². The van der Waals surface area contributed by atoms with Gasteiger partial charge in [0.15, 0.2) is 5.75 Å². The van der Waals surface area contributed by atoms with Gasteiger partial charge in [-0.15, -0.1) is 0 Å². The van der Waals surface area contributed by atoms with E-state index >= 15 is 0 Å². The van der Waals surface area contributed by atoms with Crippen LogP contribution in [0.2, 0.25) is 0 Å². The molecule has 4 heteroatoms. The van der Waals surface area contributed by atoms with Crippen molar-refractivity contribution in [3.63, 3.8) is 0 Å². The molecule has 0 saturated heterocycles. The molecule has 0 aliphatic rings. The van der Waals surface area contributed by atoms with E-state index in [4.69, 9.17) is 10.4 Å². The van der Waals surface area contributed by atoms with Crippen LogP contribution in [0, 0.1) is 0 Å². The second-order valence-corrected chi connectivity index (χ2v) is 1.92. The Balaban J connectivity index is 2.91. The molecule has 0 saturated carbocycles. The monoisotopic (exact) mass is 154 g/mol. The molecule has 11 heavy (non-hydrogen) atoms. The quantitative estimate of drug-likeness (QED) is 0.496. The summed E-state index contributed by atoms with van der Waals surface area (Å²) in [6.45, 7) is 0. The first-order chi connectivity index (χ1) is 5.24. The molecule has 0 amide bonds. The predicted molar refractivity (Wildman–Crippen MR) is 36.7 cm³/mol. The number of rotatable bonds is 2. The van der Waals surface area contributed by atoms with Gasteiger partial charge in [0, 0.05) is 0 Å². The summed E-state index contributed by atoms with van der Waals surface area (Å²) in [6, 6.07) is 5.41. The maximum Gasteiger partial charge on any atom is 0.335 e. The van der Waals surface area contributed by atoms with Crippen molar-refractivity contribution in [3.8, 4) is 5.75 Å². The zero-order chi connectivity index (χ0) is 8.27. The molecule has 58 valence electrons. The van der Waals surface area contributed by atoms with Crippen molar-refractivity contribution in [2.75, 3.05) is 0 Å². The van der Waals surface area contributed by atoms with Gasteiger partial charge in [-0.05, 0) is 24.3 Å². The minimum atomic E-state index is -1.01. The molecule has 1 rings (SSSR count). The molecule has 0 aliphatic heterocycles. The van der Waals surface area contributed by atoms with Crippen molar-refractivity contribution in [1.29, 1.82) is 0 Å². The molecule has 1 aromatic carbocycles. The van der Waals surface area contributed by atoms with E-state index in [9.17, 15) is 4.79 Å². The van der Waals surface area contributed by atoms with Crippen molar-refractivity contribution in [2.24, 2.45) is 0 Å². The third kappa shape index (κ3) is 1.68. The number of benzene rings is 1. The van der Waals surface area contributed by atoms with Crippen LogP contribution in [0.3, 0.4) is 0 Å². The number of carbonyl (C=O) groups is 1. The summed E-state index contributed by atoms with van der Waals surface area (Å²) >= 11 is 0. The molecule has 2 N–H and O–H groups in total. The highest BCUT2D eigenvalue weighted by Gasteiger charge is 2.00. The lowest BCUT2D eigenvalue weighted by Gasteiger charge is -1.95. The number of carboxylic acid groups (broad SMARTS) is 1. The number of carboxylic acids is 1. The van der Waals surface area contributed by atoms with E-state index in [1.54, 1.807) is 0 Å². The molecule has 0 aromatic heterocycles. The molecule has 0 atom stereocenters. The fourth-order valence-electron chi connectivity index (χ4n) is 0.658. The second kappa shape index (κ2) is 3.03. The van der Waals surface area contributed by atoms with Gasteiger partial charge in [-0.2, -0.15) is 0 Å². The van der Waals surface area contributed by atoms with E-state index < -0.39 is 5.97 Å². The average molecular weight is 154 g/mol. The van der Waals surface area contributed by atoms with Gasteiger partial charge < -0.3 is 9.99 Å². The topological polar surface area (TPSA) is 66.8 Å². The van der Waals surface area contributed by atoms with Gasteiger partial charge >= 0.3 is 5.97 Å². The van der Waals surface area contributed by atoms with Gasteiger partial charge in [0.1, 0.15) is 0 Å². The first-order valence-electron chi connectivity index (χ1n) is 2.89. The van der Waals surface area contributed by atoms with E-state index in [0.29, 0.717) is 0 Å². The molecular formula is C7H6O4. The lowest BCUT2D eigenvalue weighted by molar-refractivity contribution is -0.137. The highest BCUT2D eigenvalue weighted by Crippen LogP contribution is 2.10. The maximum absolute atomic E-state index is 10.3. The van der Waals surface area contributed by atoms with Crippen LogP contribution < -0.4 is 4.89 Å². The zero-order valence-corrected chi connectivity index (χ0v) is 5.52. The van der Waals surface area contributed by atoms with E-state index in [0.717, 1.165) is 0 Å².